The second-order valence-corrected chi connectivity index (χ2v) is 9.33. The van der Waals surface area contributed by atoms with Crippen molar-refractivity contribution >= 4 is 29.6 Å². The Labute approximate surface area is 243 Å². The molecule has 0 aliphatic heterocycles. The van der Waals surface area contributed by atoms with Gasteiger partial charge in [-0.15, -0.1) is 0 Å². The van der Waals surface area contributed by atoms with Crippen molar-refractivity contribution in [1.29, 1.82) is 0 Å². The van der Waals surface area contributed by atoms with E-state index in [0.29, 0.717) is 24.3 Å². The van der Waals surface area contributed by atoms with Gasteiger partial charge in [-0.2, -0.15) is 13.2 Å². The van der Waals surface area contributed by atoms with E-state index < -0.39 is 66.1 Å². The first-order chi connectivity index (χ1) is 20.3. The van der Waals surface area contributed by atoms with Gasteiger partial charge in [0.05, 0.1) is 24.6 Å². The van der Waals surface area contributed by atoms with E-state index in [-0.39, 0.29) is 12.0 Å². The number of aryl methyl sites for hydroxylation is 1. The first-order valence-electron chi connectivity index (χ1n) is 13.0. The fraction of sp³-hybridized carbons (Fsp3) is 0.276. The van der Waals surface area contributed by atoms with Crippen molar-refractivity contribution in [3.8, 4) is 16.9 Å². The van der Waals surface area contributed by atoms with Crippen molar-refractivity contribution in [2.45, 2.75) is 38.4 Å². The van der Waals surface area contributed by atoms with E-state index in [1.54, 1.807) is 36.5 Å². The highest BCUT2D eigenvalue weighted by Crippen LogP contribution is 2.38. The van der Waals surface area contributed by atoms with Gasteiger partial charge in [-0.1, -0.05) is 30.3 Å². The van der Waals surface area contributed by atoms with Gasteiger partial charge in [0.2, 0.25) is 11.8 Å². The molecule has 0 saturated heterocycles. The van der Waals surface area contributed by atoms with Gasteiger partial charge in [-0.25, -0.2) is 14.2 Å². The third-order valence-corrected chi connectivity index (χ3v) is 5.99. The van der Waals surface area contributed by atoms with Gasteiger partial charge < -0.3 is 25.8 Å². The number of hydrogen-bond donors (Lipinski definition) is 4. The van der Waals surface area contributed by atoms with Crippen LogP contribution in [0.25, 0.3) is 11.1 Å². The maximum Gasteiger partial charge on any atom is 0.491 e. The molecule has 2 aromatic carbocycles. The molecule has 0 aliphatic rings. The molecule has 228 valence electrons. The van der Waals surface area contributed by atoms with Crippen molar-refractivity contribution < 1.29 is 46.6 Å². The van der Waals surface area contributed by atoms with Crippen LogP contribution in [0.2, 0.25) is 0 Å². The molecule has 0 bridgehead atoms. The van der Waals surface area contributed by atoms with Crippen molar-refractivity contribution in [2.24, 2.45) is 0 Å². The summed E-state index contributed by atoms with van der Waals surface area (Å²) in [7, 11) is 0. The number of nitrogens with zero attached hydrogens (tertiary/aromatic N) is 1. The molecule has 1 atom stereocenters. The number of alkyl halides is 3. The summed E-state index contributed by atoms with van der Waals surface area (Å²) in [6.45, 7) is 1.67. The summed E-state index contributed by atoms with van der Waals surface area (Å²) in [4.78, 5) is 52.4. The Kier molecular flexibility index (Phi) is 11.2. The number of phenols is 1. The third kappa shape index (κ3) is 9.80. The number of ether oxygens (including phenoxy) is 1. The number of carbonyl (C=O) groups excluding carboxylic acids is 4. The summed E-state index contributed by atoms with van der Waals surface area (Å²) in [5.41, 5.74) is 0.896. The molecule has 43 heavy (non-hydrogen) atoms. The van der Waals surface area contributed by atoms with E-state index in [9.17, 15) is 41.8 Å². The van der Waals surface area contributed by atoms with Crippen molar-refractivity contribution in [2.75, 3.05) is 18.4 Å². The predicted molar refractivity (Wildman–Crippen MR) is 146 cm³/mol. The second kappa shape index (κ2) is 14.8. The van der Waals surface area contributed by atoms with E-state index in [0.717, 1.165) is 11.6 Å². The molecule has 0 fully saturated rings. The molecule has 0 spiro atoms. The van der Waals surface area contributed by atoms with Gasteiger partial charge in [-0.3, -0.25) is 14.4 Å². The Morgan fingerprint density at radius 2 is 1.74 bits per heavy atom. The Bertz CT molecular complexity index is 1470. The summed E-state index contributed by atoms with van der Waals surface area (Å²) in [5, 5.41) is 18.5. The minimum absolute atomic E-state index is 0.0238. The molecule has 3 rings (SSSR count). The number of carbonyl (C=O) groups is 4. The van der Waals surface area contributed by atoms with Crippen LogP contribution in [-0.2, 0) is 23.9 Å². The average molecular weight is 605 g/mol. The SMILES string of the molecule is Cc1ccnc(NCCCC(=O)NCC(=O)NC(CC(=O)OC(=O)C(F)(F)F)c2c(F)ccc(-c3ccccc3)c2O)c1. The minimum atomic E-state index is -5.48. The Balaban J connectivity index is 1.69. The van der Waals surface area contributed by atoms with Crippen LogP contribution < -0.4 is 16.0 Å². The van der Waals surface area contributed by atoms with Gasteiger partial charge >= 0.3 is 18.1 Å². The summed E-state index contributed by atoms with van der Waals surface area (Å²) >= 11 is 0. The average Bonchev–Trinajstić information content (AvgIpc) is 2.94. The zero-order valence-electron chi connectivity index (χ0n) is 22.8. The molecule has 14 heteroatoms. The molecule has 2 amide bonds. The lowest BCUT2D eigenvalue weighted by Gasteiger charge is -2.22. The number of nitrogens with one attached hydrogen (secondary N) is 3. The summed E-state index contributed by atoms with van der Waals surface area (Å²) in [5.74, 6) is -7.18. The monoisotopic (exact) mass is 604 g/mol. The lowest BCUT2D eigenvalue weighted by atomic mass is 9.95. The number of amides is 2. The van der Waals surface area contributed by atoms with E-state index in [4.69, 9.17) is 0 Å². The first-order valence-corrected chi connectivity index (χ1v) is 13.0. The quantitative estimate of drug-likeness (QED) is 0.105. The molecular formula is C29H28F4N4O6. The maximum atomic E-state index is 15.0. The van der Waals surface area contributed by atoms with Gasteiger partial charge in [0.1, 0.15) is 17.4 Å². The van der Waals surface area contributed by atoms with Gasteiger partial charge in [-0.05, 0) is 48.7 Å². The molecule has 0 aliphatic carbocycles. The summed E-state index contributed by atoms with van der Waals surface area (Å²) in [6, 6.07) is 12.2. The summed E-state index contributed by atoms with van der Waals surface area (Å²) < 4.78 is 56.6. The number of esters is 2. The Morgan fingerprint density at radius 1 is 1.02 bits per heavy atom. The van der Waals surface area contributed by atoms with E-state index in [1.165, 1.54) is 6.07 Å². The molecule has 10 nitrogen and oxygen atoms in total. The Morgan fingerprint density at radius 3 is 2.42 bits per heavy atom. The third-order valence-electron chi connectivity index (χ3n) is 5.99. The van der Waals surface area contributed by atoms with Gasteiger partial charge in [0.15, 0.2) is 0 Å². The van der Waals surface area contributed by atoms with E-state index in [1.807, 2.05) is 19.1 Å². The van der Waals surface area contributed by atoms with Gasteiger partial charge in [0.25, 0.3) is 0 Å². The number of halogens is 4. The molecule has 1 aromatic heterocycles. The molecule has 0 radical (unpaired) electrons. The highest BCUT2D eigenvalue weighted by Gasteiger charge is 2.43. The number of benzene rings is 2. The van der Waals surface area contributed by atoms with E-state index in [2.05, 4.69) is 25.7 Å². The van der Waals surface area contributed by atoms with Crippen molar-refractivity contribution in [3.63, 3.8) is 0 Å². The van der Waals surface area contributed by atoms with Crippen LogP contribution in [0.1, 0.15) is 36.4 Å². The molecule has 1 heterocycles. The van der Waals surface area contributed by atoms with Crippen LogP contribution in [0, 0.1) is 12.7 Å². The highest BCUT2D eigenvalue weighted by molar-refractivity contribution is 5.90. The maximum absolute atomic E-state index is 15.0. The first kappa shape index (κ1) is 32.5. The zero-order chi connectivity index (χ0) is 31.6. The molecule has 3 aromatic rings. The normalized spacial score (nSPS) is 11.7. The van der Waals surface area contributed by atoms with Crippen molar-refractivity contribution in [3.05, 3.63) is 77.7 Å². The number of anilines is 1. The van der Waals surface area contributed by atoms with Crippen molar-refractivity contribution in [1.82, 2.24) is 15.6 Å². The van der Waals surface area contributed by atoms with Crippen LogP contribution in [-0.4, -0.2) is 53.1 Å². The smallest absolute Gasteiger partial charge is 0.491 e. The molecule has 4 N–H and O–H groups in total. The number of aromatic nitrogens is 1. The van der Waals surface area contributed by atoms with Crippen LogP contribution in [0.5, 0.6) is 5.75 Å². The zero-order valence-corrected chi connectivity index (χ0v) is 22.8. The standard InChI is InChI=1S/C29H28F4N4O6/c1-17-11-13-35-22(14-17)34-12-5-8-23(38)36-16-24(39)37-21(15-25(40)43-28(42)29(31,32)33)26-20(30)10-9-19(27(26)41)18-6-3-2-4-7-18/h2-4,6-7,9-11,13-14,21,41H,5,8,12,15-16H2,1H3,(H,34,35)(H,36,38)(H,37,39). The minimum Gasteiger partial charge on any atom is -0.507 e. The van der Waals surface area contributed by atoms with Gasteiger partial charge in [0, 0.05) is 24.7 Å². The number of aromatic hydroxyl groups is 1. The molecule has 0 saturated carbocycles. The van der Waals surface area contributed by atoms with E-state index >= 15 is 0 Å². The second-order valence-electron chi connectivity index (χ2n) is 9.33. The number of phenolic OH excluding ortho intramolecular Hbond substituents is 1. The lowest BCUT2D eigenvalue weighted by molar-refractivity contribution is -0.202. The number of hydrogen-bond acceptors (Lipinski definition) is 8. The largest absolute Gasteiger partial charge is 0.507 e. The predicted octanol–water partition coefficient (Wildman–Crippen LogP) is 4.09. The highest BCUT2D eigenvalue weighted by atomic mass is 19.4. The fourth-order valence-corrected chi connectivity index (χ4v) is 3.97. The molecule has 1 unspecified atom stereocenters. The summed E-state index contributed by atoms with van der Waals surface area (Å²) in [6.07, 6.45) is -4.59. The number of pyridine rings is 1. The lowest BCUT2D eigenvalue weighted by Crippen LogP contribution is -2.40. The van der Waals surface area contributed by atoms with Crippen LogP contribution >= 0.6 is 0 Å². The number of rotatable bonds is 12. The molecular weight excluding hydrogens is 576 g/mol. The fourth-order valence-electron chi connectivity index (χ4n) is 3.97. The van der Waals surface area contributed by atoms with Crippen LogP contribution in [0.4, 0.5) is 23.4 Å². The van der Waals surface area contributed by atoms with Crippen LogP contribution in [0.15, 0.2) is 60.8 Å². The Hall–Kier alpha value is -5.01. The van der Waals surface area contributed by atoms with Crippen LogP contribution in [0.3, 0.4) is 0 Å². The topological polar surface area (TPSA) is 147 Å².